The van der Waals surface area contributed by atoms with Gasteiger partial charge in [0.25, 0.3) is 0 Å². The van der Waals surface area contributed by atoms with Crippen molar-refractivity contribution in [1.29, 1.82) is 0 Å². The van der Waals surface area contributed by atoms with Crippen molar-refractivity contribution in [1.82, 2.24) is 14.7 Å². The molecule has 0 amide bonds. The Balaban J connectivity index is 1.40. The number of halogens is 1. The Kier molecular flexibility index (Phi) is 5.71. The summed E-state index contributed by atoms with van der Waals surface area (Å²) in [4.78, 5) is 15.2. The van der Waals surface area contributed by atoms with Crippen LogP contribution in [0.5, 0.6) is 5.75 Å². The molecule has 1 aliphatic rings. The van der Waals surface area contributed by atoms with Crippen LogP contribution in [0.4, 0.5) is 4.39 Å². The molecule has 29 heavy (non-hydrogen) atoms. The zero-order valence-corrected chi connectivity index (χ0v) is 16.4. The third kappa shape index (κ3) is 4.38. The second kappa shape index (κ2) is 8.57. The van der Waals surface area contributed by atoms with Gasteiger partial charge >= 0.3 is 0 Å². The molecule has 0 aliphatic carbocycles. The first-order valence-electron chi connectivity index (χ1n) is 9.83. The summed E-state index contributed by atoms with van der Waals surface area (Å²) in [6, 6.07) is 14.6. The van der Waals surface area contributed by atoms with Crippen LogP contribution in [0.2, 0.25) is 0 Å². The van der Waals surface area contributed by atoms with Crippen molar-refractivity contribution in [3.05, 3.63) is 77.9 Å². The van der Waals surface area contributed by atoms with Crippen molar-refractivity contribution in [3.8, 4) is 11.4 Å². The Morgan fingerprint density at radius 2 is 2.07 bits per heavy atom. The van der Waals surface area contributed by atoms with E-state index in [-0.39, 0.29) is 17.5 Å². The van der Waals surface area contributed by atoms with E-state index in [2.05, 4.69) is 34.3 Å². The van der Waals surface area contributed by atoms with Crippen molar-refractivity contribution in [3.63, 3.8) is 0 Å². The molecule has 3 aromatic rings. The number of ketones is 1. The largest absolute Gasteiger partial charge is 0.494 e. The molecule has 1 aliphatic heterocycles. The molecule has 4 rings (SSSR count). The van der Waals surface area contributed by atoms with Crippen molar-refractivity contribution in [2.75, 3.05) is 20.2 Å². The lowest BCUT2D eigenvalue weighted by Gasteiger charge is -2.32. The minimum atomic E-state index is -0.497. The van der Waals surface area contributed by atoms with Crippen LogP contribution in [-0.4, -0.2) is 40.7 Å². The van der Waals surface area contributed by atoms with E-state index < -0.39 is 5.82 Å². The number of ether oxygens (including phenoxy) is 1. The van der Waals surface area contributed by atoms with Crippen LogP contribution in [0.3, 0.4) is 0 Å². The highest BCUT2D eigenvalue weighted by Crippen LogP contribution is 2.25. The van der Waals surface area contributed by atoms with Gasteiger partial charge in [-0.15, -0.1) is 0 Å². The van der Waals surface area contributed by atoms with Crippen LogP contribution in [0.1, 0.15) is 28.8 Å². The molecule has 0 radical (unpaired) electrons. The summed E-state index contributed by atoms with van der Waals surface area (Å²) < 4.78 is 20.8. The van der Waals surface area contributed by atoms with Gasteiger partial charge in [0.2, 0.25) is 0 Å². The van der Waals surface area contributed by atoms with Gasteiger partial charge in [-0.2, -0.15) is 5.10 Å². The van der Waals surface area contributed by atoms with Crippen LogP contribution in [0, 0.1) is 11.7 Å². The third-order valence-electron chi connectivity index (χ3n) is 5.42. The van der Waals surface area contributed by atoms with E-state index in [1.165, 1.54) is 24.8 Å². The van der Waals surface area contributed by atoms with Gasteiger partial charge in [-0.25, -0.2) is 9.07 Å². The summed E-state index contributed by atoms with van der Waals surface area (Å²) in [5, 5.41) is 4.24. The zero-order valence-electron chi connectivity index (χ0n) is 16.4. The Hall–Kier alpha value is -2.99. The maximum atomic E-state index is 14.0. The highest BCUT2D eigenvalue weighted by Gasteiger charge is 2.27. The fraction of sp³-hybridized carbons (Fsp3) is 0.304. The van der Waals surface area contributed by atoms with Crippen LogP contribution in [-0.2, 0) is 6.54 Å². The molecule has 0 bridgehead atoms. The summed E-state index contributed by atoms with van der Waals surface area (Å²) in [7, 11) is 1.42. The Labute approximate surface area is 169 Å². The van der Waals surface area contributed by atoms with Crippen molar-refractivity contribution >= 4 is 5.78 Å². The molecule has 150 valence electrons. The molecular weight excluding hydrogens is 369 g/mol. The van der Waals surface area contributed by atoms with Gasteiger partial charge < -0.3 is 4.74 Å². The molecular formula is C23H24FN3O2. The molecule has 2 heterocycles. The molecule has 0 unspecified atom stereocenters. The van der Waals surface area contributed by atoms with E-state index in [0.29, 0.717) is 12.1 Å². The van der Waals surface area contributed by atoms with E-state index in [1.807, 2.05) is 16.9 Å². The number of nitrogens with zero attached hydrogens (tertiary/aromatic N) is 3. The maximum Gasteiger partial charge on any atom is 0.167 e. The number of methoxy groups -OCH3 is 1. The van der Waals surface area contributed by atoms with Gasteiger partial charge in [0.15, 0.2) is 17.3 Å². The molecule has 2 aromatic carbocycles. The molecule has 1 aromatic heterocycles. The standard InChI is InChI=1S/C23H24FN3O2/c1-29-22-10-7-18(14-21(22)24)23(28)19-4-2-12-26(16-19)15-17-5-8-20(9-6-17)27-13-3-11-25-27/h3,5-11,13-14,19H,2,4,12,15-16H2,1H3/t19-/m0/s1. The van der Waals surface area contributed by atoms with Gasteiger partial charge in [-0.05, 0) is 61.3 Å². The highest BCUT2D eigenvalue weighted by molar-refractivity contribution is 5.98. The minimum Gasteiger partial charge on any atom is -0.494 e. The van der Waals surface area contributed by atoms with Gasteiger partial charge in [0.1, 0.15) is 0 Å². The van der Waals surface area contributed by atoms with E-state index in [9.17, 15) is 9.18 Å². The lowest BCUT2D eigenvalue weighted by atomic mass is 9.89. The van der Waals surface area contributed by atoms with E-state index in [0.717, 1.165) is 31.6 Å². The first-order valence-corrected chi connectivity index (χ1v) is 9.83. The third-order valence-corrected chi connectivity index (χ3v) is 5.42. The lowest BCUT2D eigenvalue weighted by Crippen LogP contribution is -2.38. The summed E-state index contributed by atoms with van der Waals surface area (Å²) in [6.07, 6.45) is 5.47. The maximum absolute atomic E-state index is 14.0. The first-order chi connectivity index (χ1) is 14.1. The summed E-state index contributed by atoms with van der Waals surface area (Å²) >= 11 is 0. The SMILES string of the molecule is COc1ccc(C(=O)[C@H]2CCCN(Cc3ccc(-n4cccn4)cc3)C2)cc1F. The smallest absolute Gasteiger partial charge is 0.167 e. The fourth-order valence-corrected chi connectivity index (χ4v) is 3.90. The Bertz CT molecular complexity index is 970. The number of Topliss-reactive ketones (excluding diaryl/α,β-unsaturated/α-hetero) is 1. The van der Waals surface area contributed by atoms with Crippen molar-refractivity contribution in [2.45, 2.75) is 19.4 Å². The molecule has 0 saturated carbocycles. The number of carbonyl (C=O) groups excluding carboxylic acids is 1. The molecule has 6 heteroatoms. The number of aromatic nitrogens is 2. The molecule has 0 spiro atoms. The normalized spacial score (nSPS) is 17.2. The number of hydrogen-bond donors (Lipinski definition) is 0. The van der Waals surface area contributed by atoms with Crippen LogP contribution in [0.25, 0.3) is 5.69 Å². The second-order valence-electron chi connectivity index (χ2n) is 7.40. The number of rotatable bonds is 6. The zero-order chi connectivity index (χ0) is 20.2. The number of carbonyl (C=O) groups is 1. The number of likely N-dealkylation sites (tertiary alicyclic amines) is 1. The van der Waals surface area contributed by atoms with Gasteiger partial charge in [0, 0.05) is 37.0 Å². The fourth-order valence-electron chi connectivity index (χ4n) is 3.90. The van der Waals surface area contributed by atoms with Gasteiger partial charge in [0.05, 0.1) is 12.8 Å². The molecule has 1 atom stereocenters. The predicted molar refractivity (Wildman–Crippen MR) is 109 cm³/mol. The van der Waals surface area contributed by atoms with E-state index in [4.69, 9.17) is 4.74 Å². The monoisotopic (exact) mass is 393 g/mol. The predicted octanol–water partition coefficient (Wildman–Crippen LogP) is 4.11. The average molecular weight is 393 g/mol. The minimum absolute atomic E-state index is 0.00489. The topological polar surface area (TPSA) is 47.4 Å². The summed E-state index contributed by atoms with van der Waals surface area (Å²) in [5.41, 5.74) is 2.63. The van der Waals surface area contributed by atoms with E-state index in [1.54, 1.807) is 12.3 Å². The van der Waals surface area contributed by atoms with Crippen LogP contribution < -0.4 is 4.74 Å². The number of hydrogen-bond acceptors (Lipinski definition) is 4. The average Bonchev–Trinajstić information content (AvgIpc) is 3.29. The van der Waals surface area contributed by atoms with E-state index >= 15 is 0 Å². The number of piperidine rings is 1. The second-order valence-corrected chi connectivity index (χ2v) is 7.40. The molecule has 5 nitrogen and oxygen atoms in total. The quantitative estimate of drug-likeness (QED) is 0.591. The lowest BCUT2D eigenvalue weighted by molar-refractivity contribution is 0.0811. The van der Waals surface area contributed by atoms with Crippen LogP contribution in [0.15, 0.2) is 60.9 Å². The van der Waals surface area contributed by atoms with Crippen molar-refractivity contribution in [2.24, 2.45) is 5.92 Å². The molecule has 0 N–H and O–H groups in total. The number of benzene rings is 2. The molecule has 1 fully saturated rings. The Morgan fingerprint density at radius 3 is 2.76 bits per heavy atom. The van der Waals surface area contributed by atoms with Gasteiger partial charge in [-0.1, -0.05) is 12.1 Å². The van der Waals surface area contributed by atoms with Gasteiger partial charge in [-0.3, -0.25) is 9.69 Å². The van der Waals surface area contributed by atoms with Crippen molar-refractivity contribution < 1.29 is 13.9 Å². The van der Waals surface area contributed by atoms with Crippen LogP contribution >= 0.6 is 0 Å². The summed E-state index contributed by atoms with van der Waals surface area (Å²) in [5.74, 6) is -0.446. The summed E-state index contributed by atoms with van der Waals surface area (Å²) in [6.45, 7) is 2.44. The Morgan fingerprint density at radius 1 is 1.24 bits per heavy atom. The highest BCUT2D eigenvalue weighted by atomic mass is 19.1. The first kappa shape index (κ1) is 19.3. The molecule has 1 saturated heterocycles.